The maximum absolute atomic E-state index is 11.3. The molecule has 0 amide bonds. The van der Waals surface area contributed by atoms with E-state index in [0.29, 0.717) is 16.5 Å². The first-order chi connectivity index (χ1) is 8.61. The molecule has 1 unspecified atom stereocenters. The molecular weight excluding hydrogens is 250 g/mol. The first-order valence-electron chi connectivity index (χ1n) is 6.39. The van der Waals surface area contributed by atoms with Crippen LogP contribution in [0.15, 0.2) is 18.2 Å². The van der Waals surface area contributed by atoms with Crippen LogP contribution >= 0.6 is 11.6 Å². The fourth-order valence-corrected chi connectivity index (χ4v) is 2.74. The van der Waals surface area contributed by atoms with Crippen LogP contribution in [0.2, 0.25) is 5.02 Å². The molecule has 0 radical (unpaired) electrons. The van der Waals surface area contributed by atoms with Gasteiger partial charge < -0.3 is 10.0 Å². The fraction of sp³-hybridized carbons (Fsp3) is 0.500. The Labute approximate surface area is 112 Å². The maximum atomic E-state index is 11.3. The second-order valence-electron chi connectivity index (χ2n) is 4.83. The van der Waals surface area contributed by atoms with Crippen LogP contribution in [0.5, 0.6) is 0 Å². The fourth-order valence-electron chi connectivity index (χ4n) is 2.57. The number of halogens is 1. The average Bonchev–Trinajstić information content (AvgIpc) is 2.38. The van der Waals surface area contributed by atoms with Crippen molar-refractivity contribution in [3.05, 3.63) is 28.8 Å². The number of hydrogen-bond acceptors (Lipinski definition) is 2. The monoisotopic (exact) mass is 267 g/mol. The SMILES string of the molecule is CCC1CCCN(c2ccc(Cl)cc2C(=O)O)C1. The Balaban J connectivity index is 2.29. The van der Waals surface area contributed by atoms with Crippen molar-refractivity contribution < 1.29 is 9.90 Å². The third-order valence-corrected chi connectivity index (χ3v) is 3.86. The molecule has 1 aromatic carbocycles. The molecule has 1 atom stereocenters. The van der Waals surface area contributed by atoms with Gasteiger partial charge in [0.2, 0.25) is 0 Å². The third kappa shape index (κ3) is 2.78. The maximum Gasteiger partial charge on any atom is 0.337 e. The first kappa shape index (κ1) is 13.2. The number of nitrogens with zero attached hydrogens (tertiary/aromatic N) is 1. The zero-order chi connectivity index (χ0) is 13.1. The molecule has 1 heterocycles. The molecule has 98 valence electrons. The number of hydrogen-bond donors (Lipinski definition) is 1. The summed E-state index contributed by atoms with van der Waals surface area (Å²) in [5.41, 5.74) is 1.10. The van der Waals surface area contributed by atoms with Crippen molar-refractivity contribution in [2.24, 2.45) is 5.92 Å². The molecule has 1 fully saturated rings. The number of carbonyl (C=O) groups is 1. The van der Waals surface area contributed by atoms with Crippen molar-refractivity contribution in [3.63, 3.8) is 0 Å². The number of aromatic carboxylic acids is 1. The summed E-state index contributed by atoms with van der Waals surface area (Å²) in [4.78, 5) is 13.5. The summed E-state index contributed by atoms with van der Waals surface area (Å²) in [5, 5.41) is 9.73. The largest absolute Gasteiger partial charge is 0.478 e. The first-order valence-corrected chi connectivity index (χ1v) is 6.77. The second kappa shape index (κ2) is 5.61. The molecule has 0 bridgehead atoms. The molecule has 0 spiro atoms. The predicted octanol–water partition coefficient (Wildman–Crippen LogP) is 3.66. The summed E-state index contributed by atoms with van der Waals surface area (Å²) in [6.07, 6.45) is 3.51. The molecule has 1 saturated heterocycles. The molecule has 1 N–H and O–H groups in total. The van der Waals surface area contributed by atoms with Crippen molar-refractivity contribution in [2.75, 3.05) is 18.0 Å². The standard InChI is InChI=1S/C14H18ClNO2/c1-2-10-4-3-7-16(9-10)13-6-5-11(15)8-12(13)14(17)18/h5-6,8,10H,2-4,7,9H2,1H3,(H,17,18). The quantitative estimate of drug-likeness (QED) is 0.908. The molecule has 1 aliphatic rings. The van der Waals surface area contributed by atoms with Crippen molar-refractivity contribution in [1.29, 1.82) is 0 Å². The van der Waals surface area contributed by atoms with Crippen LogP contribution in [-0.2, 0) is 0 Å². The zero-order valence-electron chi connectivity index (χ0n) is 10.5. The van der Waals surface area contributed by atoms with Crippen molar-refractivity contribution in [2.45, 2.75) is 26.2 Å². The lowest BCUT2D eigenvalue weighted by atomic mass is 9.94. The van der Waals surface area contributed by atoms with Crippen LogP contribution in [0.25, 0.3) is 0 Å². The Bertz CT molecular complexity index is 447. The van der Waals surface area contributed by atoms with E-state index in [-0.39, 0.29) is 0 Å². The van der Waals surface area contributed by atoms with Gasteiger partial charge in [-0.15, -0.1) is 0 Å². The highest BCUT2D eigenvalue weighted by molar-refractivity contribution is 6.31. The zero-order valence-corrected chi connectivity index (χ0v) is 11.3. The molecule has 0 aromatic heterocycles. The van der Waals surface area contributed by atoms with E-state index in [4.69, 9.17) is 11.6 Å². The Morgan fingerprint density at radius 3 is 3.00 bits per heavy atom. The molecule has 3 nitrogen and oxygen atoms in total. The van der Waals surface area contributed by atoms with E-state index in [9.17, 15) is 9.90 Å². The average molecular weight is 268 g/mol. The number of rotatable bonds is 3. The smallest absolute Gasteiger partial charge is 0.337 e. The predicted molar refractivity (Wildman–Crippen MR) is 73.6 cm³/mol. The number of benzene rings is 1. The Morgan fingerprint density at radius 1 is 1.56 bits per heavy atom. The molecular formula is C14H18ClNO2. The van der Waals surface area contributed by atoms with Crippen LogP contribution < -0.4 is 4.90 Å². The highest BCUT2D eigenvalue weighted by Crippen LogP contribution is 2.29. The Morgan fingerprint density at radius 2 is 2.33 bits per heavy atom. The minimum absolute atomic E-state index is 0.305. The Kier molecular flexibility index (Phi) is 4.12. The summed E-state index contributed by atoms with van der Waals surface area (Å²) < 4.78 is 0. The second-order valence-corrected chi connectivity index (χ2v) is 5.27. The van der Waals surface area contributed by atoms with E-state index < -0.39 is 5.97 Å². The normalized spacial score (nSPS) is 19.9. The number of anilines is 1. The van der Waals surface area contributed by atoms with Crippen LogP contribution in [0, 0.1) is 5.92 Å². The van der Waals surface area contributed by atoms with Gasteiger partial charge in [0.15, 0.2) is 0 Å². The Hall–Kier alpha value is -1.22. The van der Waals surface area contributed by atoms with E-state index in [0.717, 1.165) is 31.6 Å². The van der Waals surface area contributed by atoms with Crippen LogP contribution in [0.4, 0.5) is 5.69 Å². The van der Waals surface area contributed by atoms with Crippen molar-refractivity contribution in [3.8, 4) is 0 Å². The summed E-state index contributed by atoms with van der Waals surface area (Å²) in [7, 11) is 0. The summed E-state index contributed by atoms with van der Waals surface area (Å²) in [6.45, 7) is 4.06. The van der Waals surface area contributed by atoms with E-state index in [1.807, 2.05) is 6.07 Å². The van der Waals surface area contributed by atoms with Crippen LogP contribution in [0.3, 0.4) is 0 Å². The van der Waals surface area contributed by atoms with Crippen molar-refractivity contribution >= 4 is 23.3 Å². The number of carboxylic acids is 1. The van der Waals surface area contributed by atoms with Gasteiger partial charge in [0.05, 0.1) is 11.3 Å². The molecule has 2 rings (SSSR count). The topological polar surface area (TPSA) is 40.5 Å². The lowest BCUT2D eigenvalue weighted by molar-refractivity contribution is 0.0697. The number of piperidine rings is 1. The molecule has 1 aromatic rings. The van der Waals surface area contributed by atoms with Gasteiger partial charge in [-0.2, -0.15) is 0 Å². The molecule has 1 aliphatic heterocycles. The van der Waals surface area contributed by atoms with E-state index in [1.165, 1.54) is 12.5 Å². The van der Waals surface area contributed by atoms with Gasteiger partial charge in [-0.25, -0.2) is 4.79 Å². The summed E-state index contributed by atoms with van der Waals surface area (Å²) in [6, 6.07) is 5.12. The minimum atomic E-state index is -0.911. The van der Waals surface area contributed by atoms with Gasteiger partial charge in [0, 0.05) is 18.1 Å². The van der Waals surface area contributed by atoms with Gasteiger partial charge in [0.25, 0.3) is 0 Å². The molecule has 18 heavy (non-hydrogen) atoms. The molecule has 4 heteroatoms. The van der Waals surface area contributed by atoms with E-state index >= 15 is 0 Å². The van der Waals surface area contributed by atoms with Crippen LogP contribution in [-0.4, -0.2) is 24.2 Å². The van der Waals surface area contributed by atoms with E-state index in [2.05, 4.69) is 11.8 Å². The lowest BCUT2D eigenvalue weighted by Gasteiger charge is -2.34. The molecule has 0 aliphatic carbocycles. The van der Waals surface area contributed by atoms with E-state index in [1.54, 1.807) is 6.07 Å². The van der Waals surface area contributed by atoms with Crippen molar-refractivity contribution in [1.82, 2.24) is 0 Å². The lowest BCUT2D eigenvalue weighted by Crippen LogP contribution is -2.36. The number of carboxylic acid groups (broad SMARTS) is 1. The van der Waals surface area contributed by atoms with Gasteiger partial charge in [0.1, 0.15) is 0 Å². The third-order valence-electron chi connectivity index (χ3n) is 3.63. The highest BCUT2D eigenvalue weighted by Gasteiger charge is 2.22. The van der Waals surface area contributed by atoms with Gasteiger partial charge in [-0.1, -0.05) is 24.9 Å². The minimum Gasteiger partial charge on any atom is -0.478 e. The summed E-state index contributed by atoms with van der Waals surface area (Å²) >= 11 is 5.87. The van der Waals surface area contributed by atoms with Crippen LogP contribution in [0.1, 0.15) is 36.5 Å². The molecule has 0 saturated carbocycles. The van der Waals surface area contributed by atoms with Gasteiger partial charge >= 0.3 is 5.97 Å². The highest BCUT2D eigenvalue weighted by atomic mass is 35.5. The summed E-state index contributed by atoms with van der Waals surface area (Å²) in [5.74, 6) is -0.248. The van der Waals surface area contributed by atoms with Gasteiger partial charge in [-0.05, 0) is 37.0 Å². The van der Waals surface area contributed by atoms with Gasteiger partial charge in [-0.3, -0.25) is 0 Å².